The van der Waals surface area contributed by atoms with Gasteiger partial charge in [0, 0.05) is 39.7 Å². The molecular weight excluding hydrogens is 283 g/mol. The first-order valence-corrected chi connectivity index (χ1v) is 6.31. The molecule has 4 heteroatoms. The molecule has 0 aliphatic rings. The lowest BCUT2D eigenvalue weighted by Gasteiger charge is -2.33. The molecule has 3 N–H and O–H groups in total. The van der Waals surface area contributed by atoms with E-state index in [9.17, 15) is 0 Å². The second kappa shape index (κ2) is 5.02. The summed E-state index contributed by atoms with van der Waals surface area (Å²) in [5, 5.41) is 0. The van der Waals surface area contributed by atoms with Gasteiger partial charge in [-0.15, -0.1) is 0 Å². The van der Waals surface area contributed by atoms with Crippen LogP contribution in [0.25, 0.3) is 0 Å². The molecule has 0 fully saturated rings. The SMILES string of the molecule is CSC(C)(C)CC(C)(N)CNI. The first kappa shape index (κ1) is 13.0. The molecule has 0 aromatic heterocycles. The van der Waals surface area contributed by atoms with Gasteiger partial charge in [0.1, 0.15) is 0 Å². The van der Waals surface area contributed by atoms with Crippen LogP contribution in [-0.4, -0.2) is 23.1 Å². The minimum absolute atomic E-state index is 0.103. The Balaban J connectivity index is 4.04. The van der Waals surface area contributed by atoms with Gasteiger partial charge in [-0.1, -0.05) is 13.8 Å². The Morgan fingerprint density at radius 1 is 1.42 bits per heavy atom. The molecule has 0 aliphatic carbocycles. The van der Waals surface area contributed by atoms with Crippen LogP contribution in [0.3, 0.4) is 0 Å². The third-order valence-electron chi connectivity index (χ3n) is 1.85. The Morgan fingerprint density at radius 2 is 1.92 bits per heavy atom. The Bertz CT molecular complexity index is 137. The topological polar surface area (TPSA) is 38.0 Å². The summed E-state index contributed by atoms with van der Waals surface area (Å²) >= 11 is 4.01. The summed E-state index contributed by atoms with van der Waals surface area (Å²) in [5.74, 6) is 0. The van der Waals surface area contributed by atoms with Gasteiger partial charge in [0.25, 0.3) is 0 Å². The van der Waals surface area contributed by atoms with Crippen LogP contribution in [0.2, 0.25) is 0 Å². The summed E-state index contributed by atoms with van der Waals surface area (Å²) in [4.78, 5) is 0. The van der Waals surface area contributed by atoms with Gasteiger partial charge in [0.2, 0.25) is 0 Å². The van der Waals surface area contributed by atoms with Crippen LogP contribution >= 0.6 is 34.6 Å². The number of nitrogens with two attached hydrogens (primary N) is 1. The van der Waals surface area contributed by atoms with Crippen molar-refractivity contribution in [2.45, 2.75) is 37.5 Å². The van der Waals surface area contributed by atoms with E-state index in [1.165, 1.54) is 0 Å². The van der Waals surface area contributed by atoms with E-state index < -0.39 is 0 Å². The predicted octanol–water partition coefficient (Wildman–Crippen LogP) is 2.18. The number of nitrogens with one attached hydrogen (secondary N) is 1. The van der Waals surface area contributed by atoms with Gasteiger partial charge < -0.3 is 5.73 Å². The highest BCUT2D eigenvalue weighted by Gasteiger charge is 2.27. The van der Waals surface area contributed by atoms with Crippen molar-refractivity contribution in [3.05, 3.63) is 0 Å². The maximum atomic E-state index is 6.11. The van der Waals surface area contributed by atoms with Gasteiger partial charge in [-0.2, -0.15) is 11.8 Å². The summed E-state index contributed by atoms with van der Waals surface area (Å²) in [6.07, 6.45) is 3.16. The monoisotopic (exact) mass is 302 g/mol. The minimum atomic E-state index is -0.103. The van der Waals surface area contributed by atoms with E-state index in [1.807, 2.05) is 11.8 Å². The van der Waals surface area contributed by atoms with Gasteiger partial charge in [0.15, 0.2) is 0 Å². The van der Waals surface area contributed by atoms with Crippen molar-refractivity contribution in [2.75, 3.05) is 12.8 Å². The van der Waals surface area contributed by atoms with Gasteiger partial charge in [-0.25, -0.2) is 0 Å². The van der Waals surface area contributed by atoms with Crippen molar-refractivity contribution in [1.29, 1.82) is 0 Å². The fourth-order valence-corrected chi connectivity index (χ4v) is 2.61. The van der Waals surface area contributed by atoms with Gasteiger partial charge >= 0.3 is 0 Å². The van der Waals surface area contributed by atoms with Gasteiger partial charge in [-0.05, 0) is 19.6 Å². The third kappa shape index (κ3) is 5.61. The third-order valence-corrected chi connectivity index (χ3v) is 3.48. The molecule has 0 rings (SSSR count). The van der Waals surface area contributed by atoms with Crippen molar-refractivity contribution in [3.63, 3.8) is 0 Å². The largest absolute Gasteiger partial charge is 0.324 e. The van der Waals surface area contributed by atoms with E-state index in [0.29, 0.717) is 0 Å². The molecule has 0 radical (unpaired) electrons. The highest BCUT2D eigenvalue weighted by atomic mass is 127. The van der Waals surface area contributed by atoms with E-state index in [0.717, 1.165) is 13.0 Å². The lowest BCUT2D eigenvalue weighted by Crippen LogP contribution is -2.47. The first-order valence-electron chi connectivity index (χ1n) is 4.00. The fourth-order valence-electron chi connectivity index (χ4n) is 1.26. The Hall–Kier alpha value is 1.00. The van der Waals surface area contributed by atoms with E-state index >= 15 is 0 Å². The van der Waals surface area contributed by atoms with E-state index in [2.05, 4.69) is 53.4 Å². The van der Waals surface area contributed by atoms with Crippen LogP contribution in [0, 0.1) is 0 Å². The maximum absolute atomic E-state index is 6.11. The first-order chi connectivity index (χ1) is 5.33. The van der Waals surface area contributed by atoms with Crippen LogP contribution in [0.1, 0.15) is 27.2 Å². The molecule has 0 aliphatic heterocycles. The van der Waals surface area contributed by atoms with Crippen LogP contribution < -0.4 is 9.26 Å². The smallest absolute Gasteiger partial charge is 0.0273 e. The summed E-state index contributed by atoms with van der Waals surface area (Å²) in [5.41, 5.74) is 6.00. The molecule has 0 bridgehead atoms. The number of halogens is 1. The summed E-state index contributed by atoms with van der Waals surface area (Å²) in [6.45, 7) is 7.42. The summed E-state index contributed by atoms with van der Waals surface area (Å²) in [7, 11) is 0. The zero-order valence-corrected chi connectivity index (χ0v) is 11.3. The maximum Gasteiger partial charge on any atom is 0.0273 e. The minimum Gasteiger partial charge on any atom is -0.324 e. The lowest BCUT2D eigenvalue weighted by molar-refractivity contribution is 0.394. The quantitative estimate of drug-likeness (QED) is 0.604. The highest BCUT2D eigenvalue weighted by molar-refractivity contribution is 14.1. The molecule has 0 aromatic rings. The Morgan fingerprint density at radius 3 is 2.25 bits per heavy atom. The zero-order valence-electron chi connectivity index (χ0n) is 8.28. The van der Waals surface area contributed by atoms with Crippen LogP contribution in [0.4, 0.5) is 0 Å². The fraction of sp³-hybridized carbons (Fsp3) is 1.00. The van der Waals surface area contributed by atoms with E-state index in [4.69, 9.17) is 5.73 Å². The van der Waals surface area contributed by atoms with Crippen molar-refractivity contribution in [1.82, 2.24) is 3.53 Å². The average Bonchev–Trinajstić information content (AvgIpc) is 1.85. The zero-order chi connectivity index (χ0) is 9.83. The highest BCUT2D eigenvalue weighted by Crippen LogP contribution is 2.29. The molecule has 12 heavy (non-hydrogen) atoms. The second-order valence-electron chi connectivity index (χ2n) is 4.11. The van der Waals surface area contributed by atoms with Gasteiger partial charge in [0.05, 0.1) is 0 Å². The molecular formula is C8H19IN2S. The van der Waals surface area contributed by atoms with Crippen molar-refractivity contribution < 1.29 is 0 Å². The molecule has 1 unspecified atom stereocenters. The lowest BCUT2D eigenvalue weighted by atomic mass is 9.91. The summed E-state index contributed by atoms with van der Waals surface area (Å²) in [6, 6.07) is 0. The molecule has 74 valence electrons. The number of rotatable bonds is 5. The normalized spacial score (nSPS) is 17.5. The summed E-state index contributed by atoms with van der Waals surface area (Å²) < 4.78 is 3.37. The molecule has 0 aromatic carbocycles. The van der Waals surface area contributed by atoms with Crippen molar-refractivity contribution >= 4 is 34.6 Å². The van der Waals surface area contributed by atoms with Gasteiger partial charge in [-0.3, -0.25) is 3.53 Å². The standard InChI is InChI=1S/C8H19IN2S/c1-7(2,12-4)5-8(3,10)6-11-9/h11H,5-6,10H2,1-4H3. The van der Waals surface area contributed by atoms with Crippen LogP contribution in [0.5, 0.6) is 0 Å². The molecule has 1 atom stereocenters. The average molecular weight is 302 g/mol. The van der Waals surface area contributed by atoms with Crippen molar-refractivity contribution in [3.8, 4) is 0 Å². The predicted molar refractivity (Wildman–Crippen MR) is 66.8 cm³/mol. The van der Waals surface area contributed by atoms with E-state index in [-0.39, 0.29) is 10.3 Å². The molecule has 0 amide bonds. The van der Waals surface area contributed by atoms with E-state index in [1.54, 1.807) is 0 Å². The molecule has 0 spiro atoms. The molecule has 0 saturated carbocycles. The molecule has 0 saturated heterocycles. The molecule has 2 nitrogen and oxygen atoms in total. The van der Waals surface area contributed by atoms with Crippen LogP contribution in [0.15, 0.2) is 0 Å². The second-order valence-corrected chi connectivity index (χ2v) is 6.38. The Labute approximate surface area is 93.9 Å². The number of thioether (sulfide) groups is 1. The van der Waals surface area contributed by atoms with Crippen LogP contribution in [-0.2, 0) is 0 Å². The number of hydrogen-bond donors (Lipinski definition) is 2. The molecule has 0 heterocycles. The number of hydrogen-bond acceptors (Lipinski definition) is 3. The van der Waals surface area contributed by atoms with Crippen molar-refractivity contribution in [2.24, 2.45) is 5.73 Å². The Kier molecular flexibility index (Phi) is 5.44.